The van der Waals surface area contributed by atoms with Crippen molar-refractivity contribution in [2.75, 3.05) is 19.6 Å². The lowest BCUT2D eigenvalue weighted by atomic mass is 9.98. The molecule has 40 heavy (non-hydrogen) atoms. The van der Waals surface area contributed by atoms with Crippen molar-refractivity contribution < 1.29 is 4.39 Å². The molecule has 1 aliphatic rings. The Morgan fingerprint density at radius 2 is 1.90 bits per heavy atom. The van der Waals surface area contributed by atoms with Gasteiger partial charge in [0.15, 0.2) is 0 Å². The summed E-state index contributed by atoms with van der Waals surface area (Å²) in [5, 5.41) is 10.4. The molecule has 5 nitrogen and oxygen atoms in total. The summed E-state index contributed by atoms with van der Waals surface area (Å²) in [6.45, 7) is 9.83. The molecule has 3 aromatic heterocycles. The summed E-state index contributed by atoms with van der Waals surface area (Å²) in [5.74, 6) is -0.191. The van der Waals surface area contributed by atoms with E-state index in [-0.39, 0.29) is 5.82 Å². The number of halogens is 1. The molecule has 0 aliphatic carbocycles. The maximum atomic E-state index is 14.8. The van der Waals surface area contributed by atoms with Crippen LogP contribution in [-0.2, 0) is 6.42 Å². The molecule has 1 saturated heterocycles. The van der Waals surface area contributed by atoms with Gasteiger partial charge in [0.1, 0.15) is 11.5 Å². The minimum Gasteiger partial charge on any atom is -0.353 e. The van der Waals surface area contributed by atoms with E-state index in [4.69, 9.17) is 0 Å². The van der Waals surface area contributed by atoms with Gasteiger partial charge in [0.05, 0.1) is 11.0 Å². The Hall–Kier alpha value is -4.29. The number of nitrogens with zero attached hydrogens (tertiary/aromatic N) is 3. The van der Waals surface area contributed by atoms with E-state index in [2.05, 4.69) is 62.8 Å². The first-order chi connectivity index (χ1) is 19.5. The van der Waals surface area contributed by atoms with Crippen molar-refractivity contribution in [3.05, 3.63) is 101 Å². The first-order valence-electron chi connectivity index (χ1n) is 14.0. The topological polar surface area (TPSA) is 60.6 Å². The molecule has 0 spiro atoms. The second kappa shape index (κ2) is 11.4. The van der Waals surface area contributed by atoms with Gasteiger partial charge in [-0.2, -0.15) is 5.10 Å². The number of benzene rings is 2. The van der Waals surface area contributed by atoms with Crippen LogP contribution >= 0.6 is 0 Å². The molecule has 6 rings (SSSR count). The van der Waals surface area contributed by atoms with Gasteiger partial charge in [-0.1, -0.05) is 30.9 Å². The Kier molecular flexibility index (Phi) is 7.43. The molecule has 2 aromatic carbocycles. The van der Waals surface area contributed by atoms with Crippen LogP contribution in [0, 0.1) is 5.82 Å². The van der Waals surface area contributed by atoms with Gasteiger partial charge in [-0.3, -0.25) is 10.1 Å². The number of H-pyrrole nitrogens is 2. The van der Waals surface area contributed by atoms with Gasteiger partial charge in [0.25, 0.3) is 0 Å². The SMILES string of the molecule is C=c1c(-c2cc3c(-c4cc(F)cc(CCCN5CCCC5)c4)cccc3[nH]2)n[nH]/c1=C/C=C(\C)c1ccncc1. The molecule has 5 aromatic rings. The van der Waals surface area contributed by atoms with Crippen molar-refractivity contribution in [3.8, 4) is 22.5 Å². The Bertz CT molecular complexity index is 1770. The number of rotatable bonds is 8. The fourth-order valence-corrected chi connectivity index (χ4v) is 5.66. The first kappa shape index (κ1) is 26.0. The molecule has 4 heterocycles. The van der Waals surface area contributed by atoms with Gasteiger partial charge in [-0.15, -0.1) is 0 Å². The van der Waals surface area contributed by atoms with Crippen molar-refractivity contribution in [2.24, 2.45) is 0 Å². The number of hydrogen-bond acceptors (Lipinski definition) is 3. The Labute approximate surface area is 233 Å². The van der Waals surface area contributed by atoms with E-state index >= 15 is 0 Å². The first-order valence-corrected chi connectivity index (χ1v) is 14.0. The molecule has 0 unspecified atom stereocenters. The van der Waals surface area contributed by atoms with E-state index in [1.165, 1.54) is 25.9 Å². The van der Waals surface area contributed by atoms with Crippen LogP contribution in [-0.4, -0.2) is 44.7 Å². The lowest BCUT2D eigenvalue weighted by Gasteiger charge is -2.14. The van der Waals surface area contributed by atoms with Crippen LogP contribution in [0.1, 0.15) is 37.3 Å². The third kappa shape index (κ3) is 5.54. The minimum atomic E-state index is -0.191. The highest BCUT2D eigenvalue weighted by Crippen LogP contribution is 2.32. The standard InChI is InChI=1S/C34H34FN5/c1-23(26-12-14-36-15-13-26)10-11-31-24(2)34(39-38-31)33-22-30-29(8-5-9-32(30)37-33)27-19-25(20-28(35)21-27)7-6-18-40-16-3-4-17-40/h5,8-15,19-22,37-38H,2-4,6-7,16-18H2,1H3/b23-10+,31-11+. The molecule has 2 N–H and O–H groups in total. The molecular formula is C34H34FN5. The second-order valence-corrected chi connectivity index (χ2v) is 10.7. The van der Waals surface area contributed by atoms with Gasteiger partial charge >= 0.3 is 0 Å². The molecular weight excluding hydrogens is 497 g/mol. The summed E-state index contributed by atoms with van der Waals surface area (Å²) in [6, 6.07) is 17.6. The quantitative estimate of drug-likeness (QED) is 0.255. The summed E-state index contributed by atoms with van der Waals surface area (Å²) >= 11 is 0. The number of pyridine rings is 1. The molecule has 0 saturated carbocycles. The maximum absolute atomic E-state index is 14.8. The lowest BCUT2D eigenvalue weighted by molar-refractivity contribution is 0.334. The Balaban J connectivity index is 1.28. The second-order valence-electron chi connectivity index (χ2n) is 10.7. The number of allylic oxidation sites excluding steroid dienone is 2. The molecule has 0 atom stereocenters. The fourth-order valence-electron chi connectivity index (χ4n) is 5.66. The number of fused-ring (bicyclic) bond motifs is 1. The van der Waals surface area contributed by atoms with Crippen LogP contribution in [0.4, 0.5) is 4.39 Å². The Morgan fingerprint density at radius 1 is 1.07 bits per heavy atom. The highest BCUT2D eigenvalue weighted by atomic mass is 19.1. The van der Waals surface area contributed by atoms with Crippen LogP contribution in [0.5, 0.6) is 0 Å². The van der Waals surface area contributed by atoms with Crippen molar-refractivity contribution in [2.45, 2.75) is 32.6 Å². The predicted molar refractivity (Wildman–Crippen MR) is 162 cm³/mol. The molecule has 1 aliphatic heterocycles. The average molecular weight is 532 g/mol. The largest absolute Gasteiger partial charge is 0.353 e. The third-order valence-electron chi connectivity index (χ3n) is 7.86. The summed E-state index contributed by atoms with van der Waals surface area (Å²) < 4.78 is 14.8. The molecule has 0 amide bonds. The molecule has 1 fully saturated rings. The summed E-state index contributed by atoms with van der Waals surface area (Å²) in [4.78, 5) is 10.1. The van der Waals surface area contributed by atoms with Crippen LogP contribution < -0.4 is 10.6 Å². The fraction of sp³-hybridized carbons (Fsp3) is 0.235. The van der Waals surface area contributed by atoms with Crippen LogP contribution in [0.25, 0.3) is 51.6 Å². The normalized spacial score (nSPS) is 14.9. The lowest BCUT2D eigenvalue weighted by Crippen LogP contribution is -2.21. The predicted octanol–water partition coefficient (Wildman–Crippen LogP) is 6.08. The monoisotopic (exact) mass is 531 g/mol. The van der Waals surface area contributed by atoms with Crippen LogP contribution in [0.15, 0.2) is 73.1 Å². The maximum Gasteiger partial charge on any atom is 0.124 e. The van der Waals surface area contributed by atoms with E-state index < -0.39 is 0 Å². The number of likely N-dealkylation sites (tertiary alicyclic amines) is 1. The van der Waals surface area contributed by atoms with E-state index in [0.29, 0.717) is 0 Å². The average Bonchev–Trinajstić information content (AvgIpc) is 3.72. The number of aromatic nitrogens is 4. The molecule has 0 bridgehead atoms. The van der Waals surface area contributed by atoms with Gasteiger partial charge in [-0.25, -0.2) is 4.39 Å². The van der Waals surface area contributed by atoms with E-state index in [0.717, 1.165) is 80.1 Å². The van der Waals surface area contributed by atoms with Gasteiger partial charge in [0.2, 0.25) is 0 Å². The van der Waals surface area contributed by atoms with Crippen molar-refractivity contribution in [3.63, 3.8) is 0 Å². The molecule has 0 radical (unpaired) electrons. The molecule has 6 heteroatoms. The minimum absolute atomic E-state index is 0.191. The van der Waals surface area contributed by atoms with Gasteiger partial charge in [0, 0.05) is 28.5 Å². The third-order valence-corrected chi connectivity index (χ3v) is 7.86. The highest BCUT2D eigenvalue weighted by molar-refractivity contribution is 5.98. The van der Waals surface area contributed by atoms with Crippen LogP contribution in [0.3, 0.4) is 0 Å². The number of aromatic amines is 2. The number of hydrogen-bond donors (Lipinski definition) is 2. The smallest absolute Gasteiger partial charge is 0.124 e. The zero-order valence-electron chi connectivity index (χ0n) is 22.9. The van der Waals surface area contributed by atoms with Gasteiger partial charge in [-0.05, 0) is 123 Å². The number of nitrogens with one attached hydrogen (secondary N) is 2. The van der Waals surface area contributed by atoms with Crippen LogP contribution in [0.2, 0.25) is 0 Å². The Morgan fingerprint density at radius 3 is 2.73 bits per heavy atom. The zero-order valence-corrected chi connectivity index (χ0v) is 22.9. The number of aryl methyl sites for hydroxylation is 1. The van der Waals surface area contributed by atoms with E-state index in [1.807, 2.05) is 30.3 Å². The van der Waals surface area contributed by atoms with Gasteiger partial charge < -0.3 is 9.88 Å². The zero-order chi connectivity index (χ0) is 27.5. The summed E-state index contributed by atoms with van der Waals surface area (Å²) in [5.41, 5.74) is 7.81. The van der Waals surface area contributed by atoms with Crippen molar-refractivity contribution in [1.29, 1.82) is 0 Å². The van der Waals surface area contributed by atoms with E-state index in [9.17, 15) is 4.39 Å². The summed E-state index contributed by atoms with van der Waals surface area (Å²) in [7, 11) is 0. The van der Waals surface area contributed by atoms with E-state index in [1.54, 1.807) is 24.5 Å². The van der Waals surface area contributed by atoms with Crippen molar-refractivity contribution >= 4 is 29.1 Å². The van der Waals surface area contributed by atoms with Crippen molar-refractivity contribution in [1.82, 2.24) is 25.1 Å². The summed E-state index contributed by atoms with van der Waals surface area (Å²) in [6.07, 6.45) is 12.1. The highest BCUT2D eigenvalue weighted by Gasteiger charge is 2.14. The molecule has 202 valence electrons.